The predicted octanol–water partition coefficient (Wildman–Crippen LogP) is 3.07. The zero-order valence-corrected chi connectivity index (χ0v) is 19.3. The molecule has 2 N–H and O–H groups in total. The monoisotopic (exact) mass is 476 g/mol. The quantitative estimate of drug-likeness (QED) is 0.530. The molecule has 178 valence electrons. The Bertz CT molecular complexity index is 960. The number of carboxylic acids is 1. The molecule has 0 spiro atoms. The number of rotatable bonds is 9. The van der Waals surface area contributed by atoms with Crippen LogP contribution in [0.3, 0.4) is 0 Å². The Morgan fingerprint density at radius 2 is 2.00 bits per heavy atom. The number of unbranched alkanes of at least 4 members (excludes halogenated alkanes) is 1. The van der Waals surface area contributed by atoms with Crippen molar-refractivity contribution in [3.05, 3.63) is 22.7 Å². The lowest BCUT2D eigenvalue weighted by Gasteiger charge is -2.33. The molecule has 0 aromatic heterocycles. The van der Waals surface area contributed by atoms with E-state index in [1.165, 1.54) is 0 Å². The normalized spacial score (nSPS) is 17.7. The molecule has 0 bridgehead atoms. The number of ether oxygens (including phenoxy) is 1. The van der Waals surface area contributed by atoms with E-state index in [1.54, 1.807) is 17.0 Å². The fourth-order valence-electron chi connectivity index (χ4n) is 4.68. The van der Waals surface area contributed by atoms with E-state index < -0.39 is 5.97 Å². The summed E-state index contributed by atoms with van der Waals surface area (Å²) >= 11 is 6.38. The van der Waals surface area contributed by atoms with Gasteiger partial charge in [0.2, 0.25) is 17.8 Å². The molecule has 1 aromatic carbocycles. The summed E-state index contributed by atoms with van der Waals surface area (Å²) in [5.74, 6) is -0.0700. The lowest BCUT2D eigenvalue weighted by atomic mass is 9.94. The molecule has 0 atom stereocenters. The van der Waals surface area contributed by atoms with E-state index in [9.17, 15) is 19.5 Å². The number of amides is 2. The molecule has 33 heavy (non-hydrogen) atoms. The summed E-state index contributed by atoms with van der Waals surface area (Å²) < 4.78 is 5.98. The number of carbonyl (C=O) groups excluding carboxylic acids is 2. The van der Waals surface area contributed by atoms with Gasteiger partial charge in [-0.3, -0.25) is 19.7 Å². The molecule has 1 aromatic rings. The number of nitrogens with zero attached hydrogens (tertiary/aromatic N) is 3. The van der Waals surface area contributed by atoms with Crippen molar-refractivity contribution in [2.45, 2.75) is 64.0 Å². The maximum atomic E-state index is 12.7. The van der Waals surface area contributed by atoms with Crippen molar-refractivity contribution in [1.29, 1.82) is 0 Å². The maximum absolute atomic E-state index is 12.7. The van der Waals surface area contributed by atoms with Gasteiger partial charge < -0.3 is 19.6 Å². The highest BCUT2D eigenvalue weighted by Gasteiger charge is 2.31. The van der Waals surface area contributed by atoms with E-state index in [0.717, 1.165) is 43.4 Å². The minimum atomic E-state index is -0.971. The summed E-state index contributed by atoms with van der Waals surface area (Å²) in [5, 5.41) is 12.4. The molecule has 2 fully saturated rings. The van der Waals surface area contributed by atoms with E-state index in [-0.39, 0.29) is 30.9 Å². The number of benzene rings is 1. The lowest BCUT2D eigenvalue weighted by molar-refractivity contribution is -0.146. The Morgan fingerprint density at radius 1 is 1.21 bits per heavy atom. The highest BCUT2D eigenvalue weighted by Crippen LogP contribution is 2.39. The van der Waals surface area contributed by atoms with Gasteiger partial charge in [-0.1, -0.05) is 30.9 Å². The van der Waals surface area contributed by atoms with Crippen LogP contribution in [0.15, 0.2) is 17.1 Å². The lowest BCUT2D eigenvalue weighted by Crippen LogP contribution is -2.44. The van der Waals surface area contributed by atoms with Gasteiger partial charge in [-0.2, -0.15) is 0 Å². The number of fused-ring (bicyclic) bond motifs is 2. The third-order valence-corrected chi connectivity index (χ3v) is 6.62. The molecule has 1 saturated carbocycles. The first-order valence-corrected chi connectivity index (χ1v) is 11.9. The molecule has 1 saturated heterocycles. The number of aliphatic carboxylic acids is 1. The van der Waals surface area contributed by atoms with Gasteiger partial charge in [0.15, 0.2) is 0 Å². The number of carbonyl (C=O) groups is 3. The van der Waals surface area contributed by atoms with Crippen LogP contribution in [-0.4, -0.2) is 64.4 Å². The van der Waals surface area contributed by atoms with Gasteiger partial charge in [-0.15, -0.1) is 0 Å². The third kappa shape index (κ3) is 5.58. The Balaban J connectivity index is 1.30. The van der Waals surface area contributed by atoms with Crippen molar-refractivity contribution in [1.82, 2.24) is 15.1 Å². The van der Waals surface area contributed by atoms with E-state index in [0.29, 0.717) is 49.1 Å². The van der Waals surface area contributed by atoms with Crippen molar-refractivity contribution in [3.63, 3.8) is 0 Å². The first kappa shape index (κ1) is 23.4. The fraction of sp³-hybridized carbons (Fsp3) is 0.565. The van der Waals surface area contributed by atoms with Gasteiger partial charge in [-0.25, -0.2) is 4.99 Å². The second kappa shape index (κ2) is 10.4. The summed E-state index contributed by atoms with van der Waals surface area (Å²) in [6.45, 7) is 0.870. The maximum Gasteiger partial charge on any atom is 0.323 e. The number of aliphatic imine (C=N–C) groups is 1. The molecule has 3 aliphatic rings. The van der Waals surface area contributed by atoms with Gasteiger partial charge in [-0.05, 0) is 37.8 Å². The minimum absolute atomic E-state index is 0.0330. The van der Waals surface area contributed by atoms with Crippen molar-refractivity contribution < 1.29 is 24.2 Å². The summed E-state index contributed by atoms with van der Waals surface area (Å²) in [6, 6.07) is 3.56. The Morgan fingerprint density at radius 3 is 2.76 bits per heavy atom. The van der Waals surface area contributed by atoms with E-state index in [2.05, 4.69) is 10.3 Å². The Hall–Kier alpha value is -2.81. The summed E-state index contributed by atoms with van der Waals surface area (Å²) in [7, 11) is 0. The second-order valence-electron chi connectivity index (χ2n) is 8.73. The molecule has 0 unspecified atom stereocenters. The Kier molecular flexibility index (Phi) is 7.37. The van der Waals surface area contributed by atoms with Crippen LogP contribution in [0, 0.1) is 0 Å². The van der Waals surface area contributed by atoms with Crippen LogP contribution in [0.5, 0.6) is 5.75 Å². The average Bonchev–Trinajstić information content (AvgIpc) is 3.16. The topological polar surface area (TPSA) is 112 Å². The highest BCUT2D eigenvalue weighted by atomic mass is 35.5. The largest absolute Gasteiger partial charge is 0.492 e. The molecule has 0 radical (unpaired) electrons. The molecule has 2 aliphatic heterocycles. The van der Waals surface area contributed by atoms with Crippen LogP contribution in [0.2, 0.25) is 5.02 Å². The van der Waals surface area contributed by atoms with Crippen molar-refractivity contribution in [2.24, 2.45) is 4.99 Å². The molecule has 9 nitrogen and oxygen atoms in total. The smallest absolute Gasteiger partial charge is 0.323 e. The van der Waals surface area contributed by atoms with Crippen LogP contribution in [0.25, 0.3) is 0 Å². The highest BCUT2D eigenvalue weighted by molar-refractivity contribution is 6.32. The predicted molar refractivity (Wildman–Crippen MR) is 123 cm³/mol. The first-order chi connectivity index (χ1) is 15.9. The fourth-order valence-corrected chi connectivity index (χ4v) is 4.92. The zero-order valence-electron chi connectivity index (χ0n) is 18.5. The molecule has 2 amide bonds. The zero-order chi connectivity index (χ0) is 23.4. The summed E-state index contributed by atoms with van der Waals surface area (Å²) in [4.78, 5) is 43.5. The van der Waals surface area contributed by atoms with Gasteiger partial charge in [0, 0.05) is 18.0 Å². The number of guanidine groups is 1. The van der Waals surface area contributed by atoms with Crippen molar-refractivity contribution >= 4 is 41.0 Å². The van der Waals surface area contributed by atoms with Gasteiger partial charge in [0.1, 0.15) is 18.8 Å². The van der Waals surface area contributed by atoms with Gasteiger partial charge in [0.25, 0.3) is 0 Å². The number of hydrogen-bond donors (Lipinski definition) is 2. The van der Waals surface area contributed by atoms with Gasteiger partial charge >= 0.3 is 5.97 Å². The molecule has 2 heterocycles. The average molecular weight is 477 g/mol. The van der Waals surface area contributed by atoms with E-state index in [4.69, 9.17) is 16.3 Å². The van der Waals surface area contributed by atoms with Crippen LogP contribution in [-0.2, 0) is 20.9 Å². The Labute approximate surface area is 197 Å². The van der Waals surface area contributed by atoms with Crippen LogP contribution in [0.4, 0.5) is 5.69 Å². The van der Waals surface area contributed by atoms with Crippen molar-refractivity contribution in [3.8, 4) is 5.75 Å². The first-order valence-electron chi connectivity index (χ1n) is 11.5. The van der Waals surface area contributed by atoms with Crippen LogP contribution < -0.4 is 10.1 Å². The molecule has 10 heteroatoms. The van der Waals surface area contributed by atoms with E-state index >= 15 is 0 Å². The molecular weight excluding hydrogens is 448 g/mol. The number of nitrogens with one attached hydrogen (secondary N) is 1. The number of halogens is 1. The molecular formula is C23H29ClN4O5. The number of carboxylic acid groups (broad SMARTS) is 1. The minimum Gasteiger partial charge on any atom is -0.492 e. The summed E-state index contributed by atoms with van der Waals surface area (Å²) in [6.07, 6.45) is 6.50. The molecule has 4 rings (SSSR count). The van der Waals surface area contributed by atoms with Crippen LogP contribution >= 0.6 is 11.6 Å². The summed E-state index contributed by atoms with van der Waals surface area (Å²) in [5.41, 5.74) is 1.55. The second-order valence-corrected chi connectivity index (χ2v) is 9.13. The number of hydrogen-bond acceptors (Lipinski definition) is 6. The van der Waals surface area contributed by atoms with Crippen LogP contribution in [0.1, 0.15) is 56.9 Å². The SMILES string of the molecule is O=C(O)CN(C(=O)CCCCOc1c(Cl)ccc2c1CN1CC(=O)NC1=N2)C1CCCCC1. The third-order valence-electron chi connectivity index (χ3n) is 6.32. The molecule has 1 aliphatic carbocycles. The van der Waals surface area contributed by atoms with Gasteiger partial charge in [0.05, 0.1) is 23.9 Å². The van der Waals surface area contributed by atoms with E-state index in [1.807, 2.05) is 4.90 Å². The van der Waals surface area contributed by atoms with Crippen molar-refractivity contribution in [2.75, 3.05) is 19.7 Å². The standard InChI is InChI=1S/C23H29ClN4O5/c24-17-9-10-18-16(12-27-13-19(29)26-23(27)25-18)22(17)33-11-5-4-8-20(30)28(14-21(31)32)15-6-2-1-3-7-15/h9-10,15H,1-8,11-14H2,(H,31,32)(H,25,26,29).